The van der Waals surface area contributed by atoms with Crippen molar-refractivity contribution in [2.24, 2.45) is 0 Å². The number of amides is 1. The highest BCUT2D eigenvalue weighted by molar-refractivity contribution is 5.77. The maximum absolute atomic E-state index is 13.5. The van der Waals surface area contributed by atoms with Gasteiger partial charge in [-0.15, -0.1) is 0 Å². The molecule has 0 spiro atoms. The van der Waals surface area contributed by atoms with E-state index >= 15 is 0 Å². The number of carbonyl (C=O) groups is 1. The van der Waals surface area contributed by atoms with E-state index in [1.807, 2.05) is 5.43 Å². The van der Waals surface area contributed by atoms with Crippen molar-refractivity contribution in [2.45, 2.75) is 19.8 Å². The highest BCUT2D eigenvalue weighted by atomic mass is 19.2. The van der Waals surface area contributed by atoms with E-state index in [1.165, 1.54) is 0 Å². The minimum absolute atomic E-state index is 0.105. The zero-order valence-electron chi connectivity index (χ0n) is 13.6. The molecule has 140 valence electrons. The molecule has 2 aromatic rings. The van der Waals surface area contributed by atoms with Crippen LogP contribution >= 0.6 is 0 Å². The standard InChI is InChI=1S/C17H15F5N2O2/c1-2-26-10-6-4-3-5-9(10)7-8-11(25)23-24-17-15(21)13(19)12(18)14(20)16(17)22/h3-6,24H,2,7-8H2,1H3,(H,23,25). The highest BCUT2D eigenvalue weighted by Gasteiger charge is 2.26. The predicted molar refractivity (Wildman–Crippen MR) is 83.9 cm³/mol. The van der Waals surface area contributed by atoms with Crippen LogP contribution in [0.1, 0.15) is 18.9 Å². The van der Waals surface area contributed by atoms with Gasteiger partial charge in [0.25, 0.3) is 0 Å². The number of anilines is 1. The Hall–Kier alpha value is -2.84. The number of nitrogens with one attached hydrogen (secondary N) is 2. The first-order chi connectivity index (χ1) is 12.4. The molecular formula is C17H15F5N2O2. The number of hydrazine groups is 1. The van der Waals surface area contributed by atoms with E-state index in [-0.39, 0.29) is 12.8 Å². The van der Waals surface area contributed by atoms with E-state index in [0.29, 0.717) is 12.4 Å². The van der Waals surface area contributed by atoms with E-state index < -0.39 is 40.7 Å². The molecule has 2 rings (SSSR count). The first-order valence-electron chi connectivity index (χ1n) is 7.63. The lowest BCUT2D eigenvalue weighted by molar-refractivity contribution is -0.120. The molecule has 9 heteroatoms. The van der Waals surface area contributed by atoms with E-state index in [0.717, 1.165) is 5.56 Å². The van der Waals surface area contributed by atoms with Crippen molar-refractivity contribution in [3.63, 3.8) is 0 Å². The lowest BCUT2D eigenvalue weighted by atomic mass is 10.1. The summed E-state index contributed by atoms with van der Waals surface area (Å²) in [6.45, 7) is 2.24. The van der Waals surface area contributed by atoms with Gasteiger partial charge in [0.05, 0.1) is 6.61 Å². The lowest BCUT2D eigenvalue weighted by Crippen LogP contribution is -2.31. The number of halogens is 5. The average molecular weight is 374 g/mol. The van der Waals surface area contributed by atoms with Crippen LogP contribution in [0.5, 0.6) is 5.75 Å². The van der Waals surface area contributed by atoms with Gasteiger partial charge in [-0.05, 0) is 25.0 Å². The predicted octanol–water partition coefficient (Wildman–Crippen LogP) is 3.86. The smallest absolute Gasteiger partial charge is 0.238 e. The van der Waals surface area contributed by atoms with Gasteiger partial charge in [0.2, 0.25) is 11.7 Å². The number of ether oxygens (including phenoxy) is 1. The molecule has 0 aliphatic heterocycles. The molecule has 0 aliphatic carbocycles. The van der Waals surface area contributed by atoms with Gasteiger partial charge in [-0.25, -0.2) is 22.0 Å². The van der Waals surface area contributed by atoms with Gasteiger partial charge in [-0.2, -0.15) is 0 Å². The van der Waals surface area contributed by atoms with Crippen LogP contribution in [-0.2, 0) is 11.2 Å². The van der Waals surface area contributed by atoms with E-state index in [2.05, 4.69) is 0 Å². The Labute approximate surface area is 145 Å². The summed E-state index contributed by atoms with van der Waals surface area (Å²) in [5.74, 6) is -10.7. The topological polar surface area (TPSA) is 50.4 Å². The average Bonchev–Trinajstić information content (AvgIpc) is 2.64. The van der Waals surface area contributed by atoms with Gasteiger partial charge in [0.15, 0.2) is 23.3 Å². The molecule has 1 amide bonds. The number of para-hydroxylation sites is 1. The monoisotopic (exact) mass is 374 g/mol. The quantitative estimate of drug-likeness (QED) is 0.335. The molecule has 0 heterocycles. The lowest BCUT2D eigenvalue weighted by Gasteiger charge is -2.13. The van der Waals surface area contributed by atoms with Crippen molar-refractivity contribution >= 4 is 11.6 Å². The summed E-state index contributed by atoms with van der Waals surface area (Å²) in [5, 5.41) is 0. The molecule has 0 aromatic heterocycles. The second kappa shape index (κ2) is 8.50. The van der Waals surface area contributed by atoms with Gasteiger partial charge in [0, 0.05) is 6.42 Å². The summed E-state index contributed by atoms with van der Waals surface area (Å²) >= 11 is 0. The molecule has 0 saturated carbocycles. The normalized spacial score (nSPS) is 10.5. The van der Waals surface area contributed by atoms with Crippen LogP contribution in [0.15, 0.2) is 24.3 Å². The fraction of sp³-hybridized carbons (Fsp3) is 0.235. The van der Waals surface area contributed by atoms with Gasteiger partial charge in [0.1, 0.15) is 11.4 Å². The van der Waals surface area contributed by atoms with Crippen LogP contribution in [0.25, 0.3) is 0 Å². The van der Waals surface area contributed by atoms with Gasteiger partial charge >= 0.3 is 0 Å². The van der Waals surface area contributed by atoms with Crippen molar-refractivity contribution in [3.05, 3.63) is 58.9 Å². The number of benzene rings is 2. The molecular weight excluding hydrogens is 359 g/mol. The molecule has 0 fully saturated rings. The molecule has 0 saturated heterocycles. The third-order valence-electron chi connectivity index (χ3n) is 3.43. The number of rotatable bonds is 7. The van der Waals surface area contributed by atoms with Gasteiger partial charge < -0.3 is 4.74 Å². The molecule has 2 N–H and O–H groups in total. The Kier molecular flexibility index (Phi) is 6.37. The summed E-state index contributed by atoms with van der Waals surface area (Å²) in [5.41, 5.74) is 3.06. The SMILES string of the molecule is CCOc1ccccc1CCC(=O)NNc1c(F)c(F)c(F)c(F)c1F. The van der Waals surface area contributed by atoms with Crippen LogP contribution in [0.4, 0.5) is 27.6 Å². The minimum atomic E-state index is -2.27. The number of carbonyl (C=O) groups excluding carboxylic acids is 1. The summed E-state index contributed by atoms with van der Waals surface area (Å²) in [6, 6.07) is 6.99. The Bertz CT molecular complexity index is 785. The third kappa shape index (κ3) is 4.22. The van der Waals surface area contributed by atoms with Crippen LogP contribution in [0.3, 0.4) is 0 Å². The second-order valence-electron chi connectivity index (χ2n) is 5.16. The second-order valence-corrected chi connectivity index (χ2v) is 5.16. The fourth-order valence-electron chi connectivity index (χ4n) is 2.16. The summed E-state index contributed by atoms with van der Waals surface area (Å²) < 4.78 is 71.5. The van der Waals surface area contributed by atoms with Crippen molar-refractivity contribution in [3.8, 4) is 5.75 Å². The van der Waals surface area contributed by atoms with E-state index in [1.54, 1.807) is 36.6 Å². The summed E-state index contributed by atoms with van der Waals surface area (Å²) in [6.07, 6.45) is 0.146. The Morgan fingerprint density at radius 1 is 0.962 bits per heavy atom. The van der Waals surface area contributed by atoms with Crippen molar-refractivity contribution < 1.29 is 31.5 Å². The Morgan fingerprint density at radius 3 is 2.15 bits per heavy atom. The van der Waals surface area contributed by atoms with Crippen LogP contribution < -0.4 is 15.6 Å². The molecule has 0 unspecified atom stereocenters. The minimum Gasteiger partial charge on any atom is -0.494 e. The summed E-state index contributed by atoms with van der Waals surface area (Å²) in [4.78, 5) is 11.8. The summed E-state index contributed by atoms with van der Waals surface area (Å²) in [7, 11) is 0. The molecule has 0 radical (unpaired) electrons. The van der Waals surface area contributed by atoms with Crippen LogP contribution in [0.2, 0.25) is 0 Å². The maximum atomic E-state index is 13.5. The molecule has 26 heavy (non-hydrogen) atoms. The zero-order valence-corrected chi connectivity index (χ0v) is 13.6. The number of hydrogen-bond donors (Lipinski definition) is 2. The molecule has 4 nitrogen and oxygen atoms in total. The van der Waals surface area contributed by atoms with Gasteiger partial charge in [-0.3, -0.25) is 15.6 Å². The Balaban J connectivity index is 2.00. The zero-order chi connectivity index (χ0) is 19.3. The number of aryl methyl sites for hydroxylation is 1. The highest BCUT2D eigenvalue weighted by Crippen LogP contribution is 2.26. The van der Waals surface area contributed by atoms with E-state index in [4.69, 9.17) is 4.74 Å². The first kappa shape index (κ1) is 19.5. The van der Waals surface area contributed by atoms with E-state index in [9.17, 15) is 26.7 Å². The van der Waals surface area contributed by atoms with Crippen LogP contribution in [0, 0.1) is 29.1 Å². The Morgan fingerprint density at radius 2 is 1.54 bits per heavy atom. The van der Waals surface area contributed by atoms with Crippen molar-refractivity contribution in [1.82, 2.24) is 5.43 Å². The molecule has 0 bridgehead atoms. The van der Waals surface area contributed by atoms with Crippen LogP contribution in [-0.4, -0.2) is 12.5 Å². The largest absolute Gasteiger partial charge is 0.494 e. The first-order valence-corrected chi connectivity index (χ1v) is 7.63. The number of hydrogen-bond acceptors (Lipinski definition) is 3. The van der Waals surface area contributed by atoms with Gasteiger partial charge in [-0.1, -0.05) is 18.2 Å². The molecule has 0 aliphatic rings. The van der Waals surface area contributed by atoms with Crippen molar-refractivity contribution in [2.75, 3.05) is 12.0 Å². The third-order valence-corrected chi connectivity index (χ3v) is 3.43. The molecule has 0 atom stereocenters. The fourth-order valence-corrected chi connectivity index (χ4v) is 2.16. The van der Waals surface area contributed by atoms with Crippen molar-refractivity contribution in [1.29, 1.82) is 0 Å². The maximum Gasteiger partial charge on any atom is 0.238 e. The molecule has 2 aromatic carbocycles.